The number of benzene rings is 2. The van der Waals surface area contributed by atoms with Gasteiger partial charge in [0.1, 0.15) is 11.6 Å². The van der Waals surface area contributed by atoms with Crippen LogP contribution in [-0.4, -0.2) is 29.0 Å². The molecule has 5 nitrogen and oxygen atoms in total. The Morgan fingerprint density at radius 2 is 1.96 bits per heavy atom. The molecule has 0 aliphatic heterocycles. The molecule has 1 amide bonds. The van der Waals surface area contributed by atoms with Gasteiger partial charge < -0.3 is 15.0 Å². The number of hydrogen-bond donors (Lipinski definition) is 2. The monoisotopic (exact) mass is 343 g/mol. The molecule has 3 aromatic rings. The summed E-state index contributed by atoms with van der Waals surface area (Å²) in [5.74, 6) is 1.41. The van der Waals surface area contributed by atoms with Gasteiger partial charge in [0.15, 0.2) is 6.61 Å². The molecule has 3 rings (SSSR count). The molecule has 24 heavy (non-hydrogen) atoms. The minimum atomic E-state index is -0.144. The standard InChI is InChI=1S/C18H18ClN3O2/c19-13-7-9-14(10-8-13)24-12-18(23)20-11-3-6-17-21-15-4-1-2-5-16(15)22-17/h1-2,4-5,7-10H,3,6,11-12H2,(H,20,23)(H,21,22). The Morgan fingerprint density at radius 3 is 2.75 bits per heavy atom. The Morgan fingerprint density at radius 1 is 1.17 bits per heavy atom. The second kappa shape index (κ2) is 7.84. The third-order valence-electron chi connectivity index (χ3n) is 3.53. The van der Waals surface area contributed by atoms with Crippen LogP contribution in [0, 0.1) is 0 Å². The van der Waals surface area contributed by atoms with Crippen molar-refractivity contribution in [3.63, 3.8) is 0 Å². The number of para-hydroxylation sites is 2. The fraction of sp³-hybridized carbons (Fsp3) is 0.222. The summed E-state index contributed by atoms with van der Waals surface area (Å²) in [5, 5.41) is 3.47. The minimum absolute atomic E-state index is 0.00767. The lowest BCUT2D eigenvalue weighted by Gasteiger charge is -2.07. The first-order chi connectivity index (χ1) is 11.7. The molecule has 124 valence electrons. The van der Waals surface area contributed by atoms with Crippen molar-refractivity contribution in [3.05, 3.63) is 59.4 Å². The lowest BCUT2D eigenvalue weighted by atomic mass is 10.3. The molecule has 0 bridgehead atoms. The lowest BCUT2D eigenvalue weighted by Crippen LogP contribution is -2.29. The first kappa shape index (κ1) is 16.3. The summed E-state index contributed by atoms with van der Waals surface area (Å²) in [6, 6.07) is 14.8. The number of halogens is 1. The molecule has 0 saturated heterocycles. The smallest absolute Gasteiger partial charge is 0.257 e. The number of aromatic nitrogens is 2. The molecule has 0 radical (unpaired) electrons. The van der Waals surface area contributed by atoms with Crippen molar-refractivity contribution in [2.24, 2.45) is 0 Å². The maximum absolute atomic E-state index is 11.7. The predicted molar refractivity (Wildman–Crippen MR) is 94.4 cm³/mol. The molecule has 2 N–H and O–H groups in total. The molecule has 0 aliphatic rings. The van der Waals surface area contributed by atoms with E-state index < -0.39 is 0 Å². The first-order valence-electron chi connectivity index (χ1n) is 7.79. The van der Waals surface area contributed by atoms with E-state index in [4.69, 9.17) is 16.3 Å². The van der Waals surface area contributed by atoms with Crippen LogP contribution in [0.3, 0.4) is 0 Å². The SMILES string of the molecule is O=C(COc1ccc(Cl)cc1)NCCCc1nc2ccccc2[nH]1. The van der Waals surface area contributed by atoms with E-state index in [1.807, 2.05) is 24.3 Å². The summed E-state index contributed by atoms with van der Waals surface area (Å²) in [7, 11) is 0. The summed E-state index contributed by atoms with van der Waals surface area (Å²) in [6.07, 6.45) is 1.60. The van der Waals surface area contributed by atoms with Gasteiger partial charge in [-0.25, -0.2) is 4.98 Å². The van der Waals surface area contributed by atoms with Crippen LogP contribution >= 0.6 is 11.6 Å². The van der Waals surface area contributed by atoms with Crippen molar-refractivity contribution >= 4 is 28.5 Å². The summed E-state index contributed by atoms with van der Waals surface area (Å²) >= 11 is 5.79. The Kier molecular flexibility index (Phi) is 5.33. The fourth-order valence-electron chi connectivity index (χ4n) is 2.34. The van der Waals surface area contributed by atoms with E-state index in [1.54, 1.807) is 24.3 Å². The van der Waals surface area contributed by atoms with Crippen molar-refractivity contribution < 1.29 is 9.53 Å². The molecule has 2 aromatic carbocycles. The summed E-state index contributed by atoms with van der Waals surface area (Å²) in [6.45, 7) is 0.576. The number of nitrogens with zero attached hydrogens (tertiary/aromatic N) is 1. The van der Waals surface area contributed by atoms with Crippen molar-refractivity contribution in [1.29, 1.82) is 0 Å². The molecular formula is C18H18ClN3O2. The average molecular weight is 344 g/mol. The zero-order valence-corrected chi connectivity index (χ0v) is 13.8. The Bertz CT molecular complexity index is 782. The molecule has 0 aliphatic carbocycles. The van der Waals surface area contributed by atoms with E-state index in [0.29, 0.717) is 17.3 Å². The molecule has 0 unspecified atom stereocenters. The molecule has 6 heteroatoms. The number of fused-ring (bicyclic) bond motifs is 1. The van der Waals surface area contributed by atoms with E-state index >= 15 is 0 Å². The predicted octanol–water partition coefficient (Wildman–Crippen LogP) is 3.34. The average Bonchev–Trinajstić information content (AvgIpc) is 3.01. The highest BCUT2D eigenvalue weighted by atomic mass is 35.5. The van der Waals surface area contributed by atoms with Gasteiger partial charge in [-0.2, -0.15) is 0 Å². The van der Waals surface area contributed by atoms with E-state index in [9.17, 15) is 4.79 Å². The number of aryl methyl sites for hydroxylation is 1. The normalized spacial score (nSPS) is 10.7. The van der Waals surface area contributed by atoms with E-state index in [0.717, 1.165) is 29.7 Å². The van der Waals surface area contributed by atoms with Gasteiger partial charge in [0.25, 0.3) is 5.91 Å². The van der Waals surface area contributed by atoms with Crippen molar-refractivity contribution in [3.8, 4) is 5.75 Å². The number of nitrogens with one attached hydrogen (secondary N) is 2. The molecule has 0 saturated carbocycles. The molecule has 0 spiro atoms. The number of rotatable bonds is 7. The summed E-state index contributed by atoms with van der Waals surface area (Å²) in [4.78, 5) is 19.5. The molecule has 1 aromatic heterocycles. The van der Waals surface area contributed by atoms with Crippen molar-refractivity contribution in [2.75, 3.05) is 13.2 Å². The van der Waals surface area contributed by atoms with Crippen molar-refractivity contribution in [2.45, 2.75) is 12.8 Å². The van der Waals surface area contributed by atoms with Crippen LogP contribution in [0.2, 0.25) is 5.02 Å². The summed E-state index contributed by atoms with van der Waals surface area (Å²) < 4.78 is 5.39. The summed E-state index contributed by atoms with van der Waals surface area (Å²) in [5.41, 5.74) is 2.00. The highest BCUT2D eigenvalue weighted by Crippen LogP contribution is 2.15. The molecule has 1 heterocycles. The maximum Gasteiger partial charge on any atom is 0.257 e. The van der Waals surface area contributed by atoms with E-state index in [1.165, 1.54) is 0 Å². The van der Waals surface area contributed by atoms with E-state index in [-0.39, 0.29) is 12.5 Å². The Hall–Kier alpha value is -2.53. The first-order valence-corrected chi connectivity index (χ1v) is 8.17. The Labute approximate surface area is 145 Å². The van der Waals surface area contributed by atoms with Gasteiger partial charge in [-0.15, -0.1) is 0 Å². The van der Waals surface area contributed by atoms with Crippen LogP contribution < -0.4 is 10.1 Å². The third kappa shape index (κ3) is 4.49. The lowest BCUT2D eigenvalue weighted by molar-refractivity contribution is -0.123. The number of hydrogen-bond acceptors (Lipinski definition) is 3. The Balaban J connectivity index is 1.36. The second-order valence-electron chi connectivity index (χ2n) is 5.40. The van der Waals surface area contributed by atoms with Crippen LogP contribution in [0.5, 0.6) is 5.75 Å². The van der Waals surface area contributed by atoms with Crippen LogP contribution in [0.4, 0.5) is 0 Å². The highest BCUT2D eigenvalue weighted by molar-refractivity contribution is 6.30. The van der Waals surface area contributed by atoms with Crippen molar-refractivity contribution in [1.82, 2.24) is 15.3 Å². The number of amides is 1. The fourth-order valence-corrected chi connectivity index (χ4v) is 2.46. The topological polar surface area (TPSA) is 67.0 Å². The van der Waals surface area contributed by atoms with Gasteiger partial charge in [-0.05, 0) is 42.8 Å². The third-order valence-corrected chi connectivity index (χ3v) is 3.79. The van der Waals surface area contributed by atoms with Gasteiger partial charge in [-0.1, -0.05) is 23.7 Å². The number of H-pyrrole nitrogens is 1. The number of carbonyl (C=O) groups is 1. The number of carbonyl (C=O) groups excluding carboxylic acids is 1. The van der Waals surface area contributed by atoms with Crippen LogP contribution in [0.1, 0.15) is 12.2 Å². The second-order valence-corrected chi connectivity index (χ2v) is 5.83. The molecular weight excluding hydrogens is 326 g/mol. The zero-order valence-electron chi connectivity index (χ0n) is 13.1. The van der Waals surface area contributed by atoms with Gasteiger partial charge in [-0.3, -0.25) is 4.79 Å². The van der Waals surface area contributed by atoms with Crippen LogP contribution in [0.15, 0.2) is 48.5 Å². The minimum Gasteiger partial charge on any atom is -0.484 e. The van der Waals surface area contributed by atoms with E-state index in [2.05, 4.69) is 15.3 Å². The van der Waals surface area contributed by atoms with Gasteiger partial charge >= 0.3 is 0 Å². The van der Waals surface area contributed by atoms with Crippen LogP contribution in [0.25, 0.3) is 11.0 Å². The number of aromatic amines is 1. The quantitative estimate of drug-likeness (QED) is 0.646. The largest absolute Gasteiger partial charge is 0.484 e. The van der Waals surface area contributed by atoms with Gasteiger partial charge in [0.2, 0.25) is 0 Å². The number of imidazole rings is 1. The zero-order chi connectivity index (χ0) is 16.8. The molecule has 0 atom stereocenters. The van der Waals surface area contributed by atoms with Crippen LogP contribution in [-0.2, 0) is 11.2 Å². The molecule has 0 fully saturated rings. The maximum atomic E-state index is 11.7. The number of ether oxygens (including phenoxy) is 1. The van der Waals surface area contributed by atoms with Gasteiger partial charge in [0, 0.05) is 18.0 Å². The van der Waals surface area contributed by atoms with Gasteiger partial charge in [0.05, 0.1) is 11.0 Å². The highest BCUT2D eigenvalue weighted by Gasteiger charge is 2.04.